The monoisotopic (exact) mass is 213 g/mol. The molecule has 1 aliphatic rings. The minimum absolute atomic E-state index is 0.0789. The smallest absolute Gasteiger partial charge is 0.212 e. The van der Waals surface area contributed by atoms with E-state index in [2.05, 4.69) is 4.72 Å². The molecule has 72 valence electrons. The van der Waals surface area contributed by atoms with E-state index in [1.165, 1.54) is 0 Å². The molecule has 0 saturated carbocycles. The number of sulfonamides is 1. The first-order valence-electron chi connectivity index (χ1n) is 3.59. The molecule has 0 aliphatic carbocycles. The normalized spacial score (nSPS) is 28.7. The fraction of sp³-hybridized carbons (Fsp3) is 1.00. The summed E-state index contributed by atoms with van der Waals surface area (Å²) >= 11 is 0. The molecule has 0 aromatic carbocycles. The summed E-state index contributed by atoms with van der Waals surface area (Å²) in [6.07, 6.45) is 0.363. The Labute approximate surface area is 72.1 Å². The van der Waals surface area contributed by atoms with Crippen LogP contribution in [0.25, 0.3) is 0 Å². The van der Waals surface area contributed by atoms with Gasteiger partial charge in [-0.2, -0.15) is 0 Å². The zero-order chi connectivity index (χ0) is 9.24. The molecular formula is C5H11NO4S2. The minimum Gasteiger partial charge on any atom is -0.229 e. The molecule has 0 aromatic rings. The molecule has 1 rings (SSSR count). The van der Waals surface area contributed by atoms with Crippen LogP contribution in [0.15, 0.2) is 0 Å². The van der Waals surface area contributed by atoms with Crippen molar-refractivity contribution in [2.24, 2.45) is 0 Å². The van der Waals surface area contributed by atoms with Crippen LogP contribution in [0.3, 0.4) is 0 Å². The van der Waals surface area contributed by atoms with Crippen molar-refractivity contribution in [1.82, 2.24) is 4.72 Å². The molecule has 0 amide bonds. The molecule has 1 heterocycles. The van der Waals surface area contributed by atoms with Gasteiger partial charge < -0.3 is 0 Å². The Kier molecular flexibility index (Phi) is 2.74. The van der Waals surface area contributed by atoms with Gasteiger partial charge in [0, 0.05) is 6.54 Å². The lowest BCUT2D eigenvalue weighted by Crippen LogP contribution is -2.34. The highest BCUT2D eigenvalue weighted by atomic mass is 32.2. The van der Waals surface area contributed by atoms with E-state index in [1.807, 2.05) is 0 Å². The molecule has 7 heteroatoms. The zero-order valence-corrected chi connectivity index (χ0v) is 8.12. The summed E-state index contributed by atoms with van der Waals surface area (Å²) in [4.78, 5) is 0. The number of hydrogen-bond acceptors (Lipinski definition) is 4. The van der Waals surface area contributed by atoms with Gasteiger partial charge in [0.2, 0.25) is 10.0 Å². The molecule has 1 N–H and O–H groups in total. The van der Waals surface area contributed by atoms with Crippen molar-refractivity contribution in [1.29, 1.82) is 0 Å². The lowest BCUT2D eigenvalue weighted by molar-refractivity contribution is 0.570. The molecule has 1 saturated heterocycles. The molecule has 12 heavy (non-hydrogen) atoms. The van der Waals surface area contributed by atoms with Crippen molar-refractivity contribution in [3.8, 4) is 0 Å². The van der Waals surface area contributed by atoms with Gasteiger partial charge in [0.05, 0.1) is 17.3 Å². The molecular weight excluding hydrogens is 202 g/mol. The first kappa shape index (κ1) is 9.94. The van der Waals surface area contributed by atoms with Gasteiger partial charge in [-0.3, -0.25) is 0 Å². The van der Waals surface area contributed by atoms with Gasteiger partial charge in [-0.15, -0.1) is 0 Å². The van der Waals surface area contributed by atoms with Crippen molar-refractivity contribution in [3.63, 3.8) is 0 Å². The maximum Gasteiger partial charge on any atom is 0.212 e. The molecule has 0 atom stereocenters. The molecule has 0 spiro atoms. The van der Waals surface area contributed by atoms with Crippen molar-refractivity contribution < 1.29 is 16.8 Å². The van der Waals surface area contributed by atoms with E-state index < -0.39 is 19.9 Å². The third-order valence-corrected chi connectivity index (χ3v) is 5.00. The zero-order valence-electron chi connectivity index (χ0n) is 6.49. The fourth-order valence-corrected chi connectivity index (χ4v) is 4.21. The number of rotatable bonds is 0. The van der Waals surface area contributed by atoms with Gasteiger partial charge in [-0.1, -0.05) is 0 Å². The Balaban J connectivity index is 2.77. The number of hydrogen-bond donors (Lipinski definition) is 1. The number of sulfone groups is 1. The van der Waals surface area contributed by atoms with E-state index in [1.54, 1.807) is 0 Å². The second kappa shape index (κ2) is 3.31. The maximum atomic E-state index is 11.0. The minimum atomic E-state index is -3.34. The largest absolute Gasteiger partial charge is 0.229 e. The second-order valence-electron chi connectivity index (χ2n) is 2.72. The topological polar surface area (TPSA) is 80.3 Å². The van der Waals surface area contributed by atoms with Crippen LogP contribution in [0.4, 0.5) is 0 Å². The van der Waals surface area contributed by atoms with Crippen LogP contribution < -0.4 is 4.72 Å². The Bertz CT molecular complexity index is 306. The Morgan fingerprint density at radius 3 is 2.25 bits per heavy atom. The van der Waals surface area contributed by atoms with Gasteiger partial charge in [0.25, 0.3) is 0 Å². The number of nitrogens with one attached hydrogen (secondary N) is 1. The van der Waals surface area contributed by atoms with Crippen LogP contribution in [-0.4, -0.2) is 40.6 Å². The summed E-state index contributed by atoms with van der Waals surface area (Å²) < 4.78 is 46.2. The van der Waals surface area contributed by atoms with Crippen LogP contribution in [0.5, 0.6) is 0 Å². The molecule has 0 bridgehead atoms. The Morgan fingerprint density at radius 2 is 1.58 bits per heavy atom. The molecule has 5 nitrogen and oxygen atoms in total. The van der Waals surface area contributed by atoms with Gasteiger partial charge in [0.1, 0.15) is 0 Å². The summed E-state index contributed by atoms with van der Waals surface area (Å²) in [5.41, 5.74) is 0. The lowest BCUT2D eigenvalue weighted by Gasteiger charge is -2.10. The average molecular weight is 213 g/mol. The first-order valence-corrected chi connectivity index (χ1v) is 7.06. The first-order chi connectivity index (χ1) is 5.41. The highest BCUT2D eigenvalue weighted by Crippen LogP contribution is 2.00. The highest BCUT2D eigenvalue weighted by Gasteiger charge is 2.20. The van der Waals surface area contributed by atoms with Crippen molar-refractivity contribution in [2.75, 3.05) is 23.8 Å². The fourth-order valence-electron chi connectivity index (χ4n) is 0.931. The van der Waals surface area contributed by atoms with Crippen LogP contribution in [0.2, 0.25) is 0 Å². The van der Waals surface area contributed by atoms with Crippen LogP contribution in [0, 0.1) is 0 Å². The second-order valence-corrected chi connectivity index (χ2v) is 6.95. The van der Waals surface area contributed by atoms with E-state index in [9.17, 15) is 16.8 Å². The highest BCUT2D eigenvalue weighted by molar-refractivity contribution is 7.94. The molecule has 1 fully saturated rings. The van der Waals surface area contributed by atoms with Gasteiger partial charge >= 0.3 is 0 Å². The Morgan fingerprint density at radius 1 is 0.917 bits per heavy atom. The van der Waals surface area contributed by atoms with E-state index in [0.29, 0.717) is 6.42 Å². The predicted molar refractivity (Wildman–Crippen MR) is 45.1 cm³/mol. The molecule has 1 aliphatic heterocycles. The summed E-state index contributed by atoms with van der Waals surface area (Å²) in [6.45, 7) is 0.224. The third kappa shape index (κ3) is 3.08. The summed E-state index contributed by atoms with van der Waals surface area (Å²) in [7, 11) is -6.48. The van der Waals surface area contributed by atoms with E-state index in [-0.39, 0.29) is 23.8 Å². The van der Waals surface area contributed by atoms with Crippen LogP contribution in [-0.2, 0) is 19.9 Å². The summed E-state index contributed by atoms with van der Waals surface area (Å²) in [5.74, 6) is -0.493. The third-order valence-electron chi connectivity index (χ3n) is 1.62. The molecule has 0 unspecified atom stereocenters. The lowest BCUT2D eigenvalue weighted by atomic mass is 10.5. The SMILES string of the molecule is O=S1(=O)CCCNS(=O)(=O)CC1. The van der Waals surface area contributed by atoms with Crippen molar-refractivity contribution >= 4 is 19.9 Å². The standard InChI is InChI=1S/C5H11NO4S2/c7-11(8)3-1-2-6-12(9,10)5-4-11/h6H,1-5H2. The molecule has 0 radical (unpaired) electrons. The van der Waals surface area contributed by atoms with Crippen molar-refractivity contribution in [3.05, 3.63) is 0 Å². The quantitative estimate of drug-likeness (QED) is 0.544. The predicted octanol–water partition coefficient (Wildman–Crippen LogP) is -1.28. The van der Waals surface area contributed by atoms with Crippen molar-refractivity contribution in [2.45, 2.75) is 6.42 Å². The van der Waals surface area contributed by atoms with E-state index >= 15 is 0 Å². The summed E-state index contributed by atoms with van der Waals surface area (Å²) in [6, 6.07) is 0. The van der Waals surface area contributed by atoms with Gasteiger partial charge in [-0.25, -0.2) is 21.6 Å². The maximum absolute atomic E-state index is 11.0. The van der Waals surface area contributed by atoms with Gasteiger partial charge in [-0.05, 0) is 6.42 Å². The molecule has 0 aromatic heterocycles. The summed E-state index contributed by atoms with van der Waals surface area (Å²) in [5, 5.41) is 0. The Hall–Kier alpha value is -0.140. The van der Waals surface area contributed by atoms with Crippen LogP contribution >= 0.6 is 0 Å². The average Bonchev–Trinajstić information content (AvgIpc) is 1.94. The van der Waals surface area contributed by atoms with Gasteiger partial charge in [0.15, 0.2) is 9.84 Å². The van der Waals surface area contributed by atoms with Crippen LogP contribution in [0.1, 0.15) is 6.42 Å². The van der Waals surface area contributed by atoms with E-state index in [0.717, 1.165) is 0 Å². The van der Waals surface area contributed by atoms with E-state index in [4.69, 9.17) is 0 Å².